The highest BCUT2D eigenvalue weighted by atomic mass is 19.1. The molecule has 2 fully saturated rings. The van der Waals surface area contributed by atoms with Gasteiger partial charge in [-0.15, -0.1) is 0 Å². The SMILES string of the molecule is Cc1c(NC(=O)c2ccc(C3CC3)cc2F)cc(F)cc1-c1ncnc(N)c1OCCN(C)C(=O)/C=C/CN(C)CCCN1CCNCC1. The van der Waals surface area contributed by atoms with E-state index in [1.165, 1.54) is 29.4 Å². The second-order valence-electron chi connectivity index (χ2n) is 12.7. The number of nitrogens with zero attached hydrogens (tertiary/aromatic N) is 5. The Morgan fingerprint density at radius 3 is 2.63 bits per heavy atom. The Bertz CT molecular complexity index is 1660. The first-order valence-electron chi connectivity index (χ1n) is 16.8. The molecule has 49 heavy (non-hydrogen) atoms. The molecule has 2 heterocycles. The molecule has 13 heteroatoms. The van der Waals surface area contributed by atoms with Crippen molar-refractivity contribution in [2.75, 3.05) is 84.1 Å². The zero-order valence-electron chi connectivity index (χ0n) is 28.5. The van der Waals surface area contributed by atoms with E-state index in [4.69, 9.17) is 10.5 Å². The Balaban J connectivity index is 1.17. The molecule has 2 aromatic carbocycles. The molecule has 2 aliphatic rings. The number of ether oxygens (including phenoxy) is 1. The third-order valence-electron chi connectivity index (χ3n) is 8.94. The molecule has 5 rings (SSSR count). The Hall–Kier alpha value is -4.46. The first kappa shape index (κ1) is 35.8. The topological polar surface area (TPSA) is 129 Å². The van der Waals surface area contributed by atoms with Gasteiger partial charge >= 0.3 is 0 Å². The second kappa shape index (κ2) is 16.8. The fourth-order valence-electron chi connectivity index (χ4n) is 5.80. The predicted octanol–water partition coefficient (Wildman–Crippen LogP) is 4.06. The molecule has 3 aromatic rings. The maximum Gasteiger partial charge on any atom is 0.258 e. The number of carbonyl (C=O) groups excluding carboxylic acids is 2. The zero-order chi connectivity index (χ0) is 34.9. The first-order chi connectivity index (χ1) is 23.6. The highest BCUT2D eigenvalue weighted by Gasteiger charge is 2.26. The van der Waals surface area contributed by atoms with Crippen molar-refractivity contribution in [3.63, 3.8) is 0 Å². The molecule has 0 spiro atoms. The van der Waals surface area contributed by atoms with Gasteiger partial charge in [0.15, 0.2) is 11.6 Å². The molecule has 262 valence electrons. The van der Waals surface area contributed by atoms with Crippen LogP contribution in [0.2, 0.25) is 0 Å². The quantitative estimate of drug-likeness (QED) is 0.204. The molecule has 4 N–H and O–H groups in total. The number of nitrogen functional groups attached to an aromatic ring is 1. The summed E-state index contributed by atoms with van der Waals surface area (Å²) < 4.78 is 35.7. The van der Waals surface area contributed by atoms with Gasteiger partial charge < -0.3 is 35.8 Å². The van der Waals surface area contributed by atoms with Gasteiger partial charge in [-0.1, -0.05) is 12.1 Å². The predicted molar refractivity (Wildman–Crippen MR) is 187 cm³/mol. The van der Waals surface area contributed by atoms with Crippen LogP contribution in [0.3, 0.4) is 0 Å². The van der Waals surface area contributed by atoms with E-state index in [-0.39, 0.29) is 47.6 Å². The molecule has 1 saturated carbocycles. The van der Waals surface area contributed by atoms with E-state index in [9.17, 15) is 18.4 Å². The third-order valence-corrected chi connectivity index (χ3v) is 8.94. The van der Waals surface area contributed by atoms with Gasteiger partial charge in [0.2, 0.25) is 5.91 Å². The molecule has 1 aliphatic carbocycles. The minimum atomic E-state index is -0.697. The van der Waals surface area contributed by atoms with Crippen LogP contribution in [-0.2, 0) is 4.79 Å². The van der Waals surface area contributed by atoms with E-state index in [1.807, 2.05) is 13.1 Å². The lowest BCUT2D eigenvalue weighted by molar-refractivity contribution is -0.125. The summed E-state index contributed by atoms with van der Waals surface area (Å²) in [7, 11) is 3.71. The van der Waals surface area contributed by atoms with Crippen LogP contribution in [0.4, 0.5) is 20.3 Å². The highest BCUT2D eigenvalue weighted by molar-refractivity contribution is 6.05. The minimum Gasteiger partial charge on any atom is -0.486 e. The summed E-state index contributed by atoms with van der Waals surface area (Å²) in [4.78, 5) is 40.3. The molecule has 2 amide bonds. The summed E-state index contributed by atoms with van der Waals surface area (Å²) in [5, 5.41) is 6.01. The average molecular weight is 677 g/mol. The fourth-order valence-corrected chi connectivity index (χ4v) is 5.80. The highest BCUT2D eigenvalue weighted by Crippen LogP contribution is 2.40. The van der Waals surface area contributed by atoms with Gasteiger partial charge in [0, 0.05) is 57.1 Å². The number of benzene rings is 2. The molecule has 1 aliphatic heterocycles. The molecule has 0 radical (unpaired) electrons. The summed E-state index contributed by atoms with van der Waals surface area (Å²) in [6.45, 7) is 8.93. The fraction of sp³-hybridized carbons (Fsp3) is 0.444. The van der Waals surface area contributed by atoms with Crippen molar-refractivity contribution in [3.8, 4) is 17.0 Å². The van der Waals surface area contributed by atoms with E-state index in [2.05, 4.69) is 30.4 Å². The number of likely N-dealkylation sites (N-methyl/N-ethyl adjacent to an activating group) is 2. The second-order valence-corrected chi connectivity index (χ2v) is 12.7. The van der Waals surface area contributed by atoms with Crippen molar-refractivity contribution in [3.05, 3.63) is 77.1 Å². The van der Waals surface area contributed by atoms with E-state index in [1.54, 1.807) is 26.1 Å². The average Bonchev–Trinajstić information content (AvgIpc) is 3.93. The third kappa shape index (κ3) is 9.80. The van der Waals surface area contributed by atoms with Crippen molar-refractivity contribution < 1.29 is 23.1 Å². The smallest absolute Gasteiger partial charge is 0.258 e. The lowest BCUT2D eigenvalue weighted by Gasteiger charge is -2.27. The summed E-state index contributed by atoms with van der Waals surface area (Å²) in [5.74, 6) is -1.65. The van der Waals surface area contributed by atoms with Gasteiger partial charge in [-0.2, -0.15) is 0 Å². The van der Waals surface area contributed by atoms with Crippen LogP contribution >= 0.6 is 0 Å². The lowest BCUT2D eigenvalue weighted by Crippen LogP contribution is -2.44. The van der Waals surface area contributed by atoms with Crippen molar-refractivity contribution in [1.29, 1.82) is 0 Å². The zero-order valence-corrected chi connectivity index (χ0v) is 28.5. The molecule has 0 bridgehead atoms. The Labute approximate surface area is 286 Å². The van der Waals surface area contributed by atoms with Crippen molar-refractivity contribution in [2.24, 2.45) is 0 Å². The van der Waals surface area contributed by atoms with E-state index >= 15 is 0 Å². The van der Waals surface area contributed by atoms with Gasteiger partial charge in [0.1, 0.15) is 30.3 Å². The molecular weight excluding hydrogens is 630 g/mol. The molecule has 0 atom stereocenters. The van der Waals surface area contributed by atoms with Crippen LogP contribution in [0.25, 0.3) is 11.3 Å². The Morgan fingerprint density at radius 2 is 1.90 bits per heavy atom. The van der Waals surface area contributed by atoms with E-state index < -0.39 is 17.5 Å². The van der Waals surface area contributed by atoms with E-state index in [0.717, 1.165) is 70.2 Å². The number of amides is 2. The van der Waals surface area contributed by atoms with Gasteiger partial charge in [-0.05, 0) is 87.6 Å². The van der Waals surface area contributed by atoms with Gasteiger partial charge in [-0.3, -0.25) is 9.59 Å². The van der Waals surface area contributed by atoms with Crippen molar-refractivity contribution >= 4 is 23.3 Å². The molecule has 11 nitrogen and oxygen atoms in total. The number of hydrogen-bond donors (Lipinski definition) is 3. The molecule has 0 unspecified atom stereocenters. The van der Waals surface area contributed by atoms with Gasteiger partial charge in [0.25, 0.3) is 5.91 Å². The normalized spacial score (nSPS) is 15.1. The monoisotopic (exact) mass is 676 g/mol. The molecular formula is C36H46F2N8O3. The van der Waals surface area contributed by atoms with Crippen LogP contribution < -0.4 is 21.1 Å². The number of aromatic nitrogens is 2. The number of nitrogens with two attached hydrogens (primary N) is 1. The summed E-state index contributed by atoms with van der Waals surface area (Å²) in [6, 6.07) is 7.02. The molecule has 1 aromatic heterocycles. The first-order valence-corrected chi connectivity index (χ1v) is 16.8. The number of carbonyl (C=O) groups is 2. The Kier molecular flexibility index (Phi) is 12.3. The maximum atomic E-state index is 14.9. The van der Waals surface area contributed by atoms with Crippen LogP contribution in [0.5, 0.6) is 5.75 Å². The van der Waals surface area contributed by atoms with E-state index in [0.29, 0.717) is 23.6 Å². The maximum absolute atomic E-state index is 14.9. The Morgan fingerprint density at radius 1 is 1.12 bits per heavy atom. The minimum absolute atomic E-state index is 0.0333. The van der Waals surface area contributed by atoms with Gasteiger partial charge in [0.05, 0.1) is 12.1 Å². The number of anilines is 2. The largest absolute Gasteiger partial charge is 0.486 e. The van der Waals surface area contributed by atoms with Crippen LogP contribution in [0, 0.1) is 18.6 Å². The standard InChI is InChI=1S/C36H46F2N8O3/c1-24-29(21-27(37)22-31(24)43-36(48)28-10-9-26(20-30(28)38)25-7-8-25)33-34(35(39)42-23-41-33)49-19-18-45(3)32(47)6-4-13-44(2)14-5-15-46-16-11-40-12-17-46/h4,6,9-10,20-23,25,40H,5,7-8,11-19H2,1-3H3,(H,43,48)(H2,39,41,42)/b6-4+. The van der Waals surface area contributed by atoms with Crippen LogP contribution in [-0.4, -0.2) is 110 Å². The number of rotatable bonds is 15. The van der Waals surface area contributed by atoms with Crippen molar-refractivity contribution in [1.82, 2.24) is 30.0 Å². The van der Waals surface area contributed by atoms with Crippen LogP contribution in [0.1, 0.15) is 46.7 Å². The van der Waals surface area contributed by atoms with Crippen LogP contribution in [0.15, 0.2) is 48.8 Å². The van der Waals surface area contributed by atoms with Gasteiger partial charge in [-0.25, -0.2) is 18.7 Å². The summed E-state index contributed by atoms with van der Waals surface area (Å²) >= 11 is 0. The number of piperazine rings is 1. The summed E-state index contributed by atoms with van der Waals surface area (Å²) in [6.07, 6.45) is 7.74. The number of halogens is 2. The number of hydrogen-bond acceptors (Lipinski definition) is 9. The summed E-state index contributed by atoms with van der Waals surface area (Å²) in [5.41, 5.74) is 8.05. The van der Waals surface area contributed by atoms with Crippen molar-refractivity contribution in [2.45, 2.75) is 32.1 Å². The number of nitrogens with one attached hydrogen (secondary N) is 2. The lowest BCUT2D eigenvalue weighted by atomic mass is 10.0. The molecule has 1 saturated heterocycles.